The first-order valence-electron chi connectivity index (χ1n) is 12.2. The van der Waals surface area contributed by atoms with Crippen LogP contribution in [0.2, 0.25) is 0 Å². The maximum Gasteiger partial charge on any atom is 0.416 e. The molecule has 0 aliphatic carbocycles. The van der Waals surface area contributed by atoms with E-state index < -0.39 is 39.4 Å². The van der Waals surface area contributed by atoms with Crippen LogP contribution in [0.5, 0.6) is 0 Å². The van der Waals surface area contributed by atoms with Crippen molar-refractivity contribution in [1.82, 2.24) is 5.16 Å². The zero-order valence-corrected chi connectivity index (χ0v) is 22.8. The molecule has 0 fully saturated rings. The Balaban J connectivity index is 1.52. The van der Waals surface area contributed by atoms with E-state index in [4.69, 9.17) is 4.52 Å². The minimum atomic E-state index is -4.58. The van der Waals surface area contributed by atoms with Crippen molar-refractivity contribution in [3.63, 3.8) is 0 Å². The molecule has 224 valence electrons. The quantitative estimate of drug-likeness (QED) is 0.121. The number of carbonyl (C=O) groups is 1. The van der Waals surface area contributed by atoms with E-state index in [2.05, 4.69) is 15.2 Å². The fraction of sp³-hybridized carbons (Fsp3) is 0.103. The number of hydrogen-bond acceptors (Lipinski definition) is 5. The second-order valence-electron chi connectivity index (χ2n) is 9.03. The van der Waals surface area contributed by atoms with Gasteiger partial charge in [-0.25, -0.2) is 8.42 Å². The maximum absolute atomic E-state index is 13.0. The highest BCUT2D eigenvalue weighted by atomic mass is 32.2. The van der Waals surface area contributed by atoms with Gasteiger partial charge in [-0.05, 0) is 72.2 Å². The van der Waals surface area contributed by atoms with E-state index in [1.807, 2.05) is 0 Å². The monoisotopic (exact) mass is 621 g/mol. The molecule has 0 saturated heterocycles. The SMILES string of the molecule is Cc1cc(NS(=O)(=O)c2ccc(NC(=O)/C=C/C=C(c3ccc(C(F)(F)F)cc3)c3ccc(C(F)(F)F)cc3)cc2)no1. The first-order valence-corrected chi connectivity index (χ1v) is 13.7. The number of amides is 1. The molecule has 1 amide bonds. The molecule has 43 heavy (non-hydrogen) atoms. The maximum atomic E-state index is 13.0. The van der Waals surface area contributed by atoms with Gasteiger partial charge in [0.05, 0.1) is 16.0 Å². The first-order chi connectivity index (χ1) is 20.1. The Labute approximate surface area is 241 Å². The second kappa shape index (κ2) is 12.2. The molecular formula is C29H21F6N3O4S. The Bertz CT molecular complexity index is 1700. The largest absolute Gasteiger partial charge is 0.416 e. The third kappa shape index (κ3) is 8.13. The van der Waals surface area contributed by atoms with Crippen molar-refractivity contribution in [3.05, 3.63) is 125 Å². The van der Waals surface area contributed by atoms with Gasteiger partial charge in [0.2, 0.25) is 5.91 Å². The van der Waals surface area contributed by atoms with E-state index in [0.29, 0.717) is 5.76 Å². The van der Waals surface area contributed by atoms with Gasteiger partial charge < -0.3 is 9.84 Å². The molecule has 0 atom stereocenters. The van der Waals surface area contributed by atoms with E-state index in [0.717, 1.165) is 30.3 Å². The number of nitrogens with zero attached hydrogens (tertiary/aromatic N) is 1. The molecule has 1 aromatic heterocycles. The smallest absolute Gasteiger partial charge is 0.360 e. The van der Waals surface area contributed by atoms with Gasteiger partial charge in [0.1, 0.15) is 5.76 Å². The predicted molar refractivity (Wildman–Crippen MR) is 146 cm³/mol. The average Bonchev–Trinajstić information content (AvgIpc) is 3.34. The van der Waals surface area contributed by atoms with E-state index in [1.54, 1.807) is 6.92 Å². The van der Waals surface area contributed by atoms with Gasteiger partial charge >= 0.3 is 12.4 Å². The van der Waals surface area contributed by atoms with Gasteiger partial charge in [-0.3, -0.25) is 9.52 Å². The summed E-state index contributed by atoms with van der Waals surface area (Å²) in [6, 6.07) is 14.7. The van der Waals surface area contributed by atoms with Crippen LogP contribution in [0.25, 0.3) is 5.57 Å². The number of aromatic nitrogens is 1. The predicted octanol–water partition coefficient (Wildman–Crippen LogP) is 7.45. The van der Waals surface area contributed by atoms with E-state index in [1.165, 1.54) is 66.7 Å². The molecule has 0 spiro atoms. The number of anilines is 2. The van der Waals surface area contributed by atoms with Crippen LogP contribution >= 0.6 is 0 Å². The van der Waals surface area contributed by atoms with Crippen LogP contribution in [-0.2, 0) is 27.2 Å². The summed E-state index contributed by atoms with van der Waals surface area (Å²) in [5, 5.41) is 6.09. The number of hydrogen-bond donors (Lipinski definition) is 2. The van der Waals surface area contributed by atoms with Crippen molar-refractivity contribution in [2.75, 3.05) is 10.0 Å². The Morgan fingerprint density at radius 2 is 1.33 bits per heavy atom. The van der Waals surface area contributed by atoms with Crippen molar-refractivity contribution in [1.29, 1.82) is 0 Å². The van der Waals surface area contributed by atoms with Gasteiger partial charge in [0.25, 0.3) is 10.0 Å². The highest BCUT2D eigenvalue weighted by molar-refractivity contribution is 7.92. The molecule has 0 aliphatic rings. The van der Waals surface area contributed by atoms with E-state index in [9.17, 15) is 39.6 Å². The zero-order valence-electron chi connectivity index (χ0n) is 22.0. The molecule has 0 unspecified atom stereocenters. The first kappa shape index (κ1) is 31.1. The van der Waals surface area contributed by atoms with Crippen LogP contribution in [0.3, 0.4) is 0 Å². The van der Waals surface area contributed by atoms with Crippen LogP contribution in [0.15, 0.2) is 107 Å². The number of sulfonamides is 1. The summed E-state index contributed by atoms with van der Waals surface area (Å²) in [5.41, 5.74) is -0.758. The summed E-state index contributed by atoms with van der Waals surface area (Å²) in [7, 11) is -3.98. The molecule has 1 heterocycles. The summed E-state index contributed by atoms with van der Waals surface area (Å²) in [5.74, 6) is -0.230. The third-order valence-electron chi connectivity index (χ3n) is 5.86. The minimum absolute atomic E-state index is 0.0000286. The summed E-state index contributed by atoms with van der Waals surface area (Å²) < 4.78 is 110. The molecule has 2 N–H and O–H groups in total. The van der Waals surface area contributed by atoms with E-state index >= 15 is 0 Å². The lowest BCUT2D eigenvalue weighted by atomic mass is 9.95. The van der Waals surface area contributed by atoms with Gasteiger partial charge in [-0.2, -0.15) is 26.3 Å². The summed E-state index contributed by atoms with van der Waals surface area (Å²) in [6.45, 7) is 1.59. The molecule has 0 saturated carbocycles. The van der Waals surface area contributed by atoms with Crippen molar-refractivity contribution in [2.24, 2.45) is 0 Å². The number of alkyl halides is 6. The Kier molecular flexibility index (Phi) is 8.80. The molecule has 7 nitrogen and oxygen atoms in total. The van der Waals surface area contributed by atoms with Gasteiger partial charge in [-0.15, -0.1) is 0 Å². The summed E-state index contributed by atoms with van der Waals surface area (Å²) >= 11 is 0. The standard InChI is InChI=1S/C29H21F6N3O4S/c1-18-17-26(37-42-18)38-43(40,41)24-15-13-23(14-16-24)36-27(39)4-2-3-25(19-5-9-21(10-6-19)28(30,31)32)20-7-11-22(12-8-20)29(33,34)35/h2-17H,1H3,(H,36,39)(H,37,38)/b4-2+. The summed E-state index contributed by atoms with van der Waals surface area (Å²) in [6.07, 6.45) is -5.42. The second-order valence-corrected chi connectivity index (χ2v) is 10.7. The van der Waals surface area contributed by atoms with Crippen LogP contribution in [0.1, 0.15) is 28.0 Å². The van der Waals surface area contributed by atoms with Crippen LogP contribution < -0.4 is 10.0 Å². The van der Waals surface area contributed by atoms with Gasteiger partial charge in [-0.1, -0.05) is 41.6 Å². The lowest BCUT2D eigenvalue weighted by molar-refractivity contribution is -0.138. The molecule has 4 aromatic rings. The fourth-order valence-electron chi connectivity index (χ4n) is 3.78. The number of aryl methyl sites for hydroxylation is 1. The van der Waals surface area contributed by atoms with Crippen molar-refractivity contribution >= 4 is 33.0 Å². The van der Waals surface area contributed by atoms with Crippen LogP contribution in [-0.4, -0.2) is 19.5 Å². The lowest BCUT2D eigenvalue weighted by Crippen LogP contribution is -2.13. The Hall–Kier alpha value is -4.85. The Morgan fingerprint density at radius 3 is 1.77 bits per heavy atom. The molecule has 0 bridgehead atoms. The lowest BCUT2D eigenvalue weighted by Gasteiger charge is -2.12. The third-order valence-corrected chi connectivity index (χ3v) is 7.23. The molecule has 4 rings (SSSR count). The van der Waals surface area contributed by atoms with Crippen LogP contribution in [0, 0.1) is 6.92 Å². The number of benzene rings is 3. The molecule has 0 radical (unpaired) electrons. The number of halogens is 6. The normalized spacial score (nSPS) is 12.3. The van der Waals surface area contributed by atoms with Crippen molar-refractivity contribution < 1.29 is 44.1 Å². The number of carbonyl (C=O) groups excluding carboxylic acids is 1. The molecule has 14 heteroatoms. The highest BCUT2D eigenvalue weighted by Crippen LogP contribution is 2.33. The topological polar surface area (TPSA) is 101 Å². The van der Waals surface area contributed by atoms with Gasteiger partial charge in [0.15, 0.2) is 5.82 Å². The number of rotatable bonds is 8. The molecule has 3 aromatic carbocycles. The fourth-order valence-corrected chi connectivity index (χ4v) is 4.76. The van der Waals surface area contributed by atoms with Crippen LogP contribution in [0.4, 0.5) is 37.8 Å². The van der Waals surface area contributed by atoms with Crippen molar-refractivity contribution in [3.8, 4) is 0 Å². The average molecular weight is 622 g/mol. The summed E-state index contributed by atoms with van der Waals surface area (Å²) in [4.78, 5) is 12.4. The molecule has 0 aliphatic heterocycles. The van der Waals surface area contributed by atoms with Crippen molar-refractivity contribution in [2.45, 2.75) is 24.2 Å². The number of nitrogens with one attached hydrogen (secondary N) is 2. The zero-order chi connectivity index (χ0) is 31.4. The highest BCUT2D eigenvalue weighted by Gasteiger charge is 2.31. The van der Waals surface area contributed by atoms with E-state index in [-0.39, 0.29) is 33.1 Å². The minimum Gasteiger partial charge on any atom is -0.360 e. The number of allylic oxidation sites excluding steroid dienone is 2. The van der Waals surface area contributed by atoms with Gasteiger partial charge in [0, 0.05) is 17.8 Å². The Morgan fingerprint density at radius 1 is 0.814 bits per heavy atom. The molecular weight excluding hydrogens is 600 g/mol.